The van der Waals surface area contributed by atoms with E-state index in [1.54, 1.807) is 25.1 Å². The number of rotatable bonds is 1. The first-order chi connectivity index (χ1) is 12.9. The van der Waals surface area contributed by atoms with Crippen LogP contribution in [-0.4, -0.2) is 37.3 Å². The Kier molecular flexibility index (Phi) is 15.8. The van der Waals surface area contributed by atoms with Gasteiger partial charge in [0.2, 0.25) is 0 Å². The van der Waals surface area contributed by atoms with Crippen molar-refractivity contribution in [3.8, 4) is 12.1 Å². The zero-order valence-corrected chi connectivity index (χ0v) is 19.4. The van der Waals surface area contributed by atoms with Crippen molar-refractivity contribution >= 4 is 11.6 Å². The van der Waals surface area contributed by atoms with E-state index in [0.29, 0.717) is 22.6 Å². The van der Waals surface area contributed by atoms with E-state index in [1.165, 1.54) is 12.8 Å². The molecular weight excluding hydrogens is 375 g/mol. The number of anilines is 2. The zero-order chi connectivity index (χ0) is 20.2. The Morgan fingerprint density at radius 3 is 1.79 bits per heavy atom. The first-order valence-electron chi connectivity index (χ1n) is 8.65. The van der Waals surface area contributed by atoms with Crippen LogP contribution in [0.15, 0.2) is 24.3 Å². The van der Waals surface area contributed by atoms with Gasteiger partial charge >= 0.3 is 29.6 Å². The number of nitrogens with zero attached hydrogens (tertiary/aromatic N) is 5. The molecule has 0 atom stereocenters. The molecule has 0 aromatic carbocycles. The van der Waals surface area contributed by atoms with E-state index in [4.69, 9.17) is 21.0 Å². The predicted octanol–water partition coefficient (Wildman–Crippen LogP) is 0.721. The Morgan fingerprint density at radius 1 is 0.966 bits per heavy atom. The van der Waals surface area contributed by atoms with Crippen molar-refractivity contribution in [1.29, 1.82) is 10.5 Å². The first kappa shape index (κ1) is 29.0. The van der Waals surface area contributed by atoms with Crippen LogP contribution in [0.5, 0.6) is 0 Å². The Labute approximate surface area is 198 Å². The molecule has 0 unspecified atom stereocenters. The molecule has 29 heavy (non-hydrogen) atoms. The molecule has 1 aliphatic heterocycles. The molecule has 8 heteroatoms. The predicted molar refractivity (Wildman–Crippen MR) is 114 cm³/mol. The maximum atomic E-state index is 8.64. The average Bonchev–Trinajstić information content (AvgIpc) is 3.22. The molecule has 2 aromatic rings. The first-order valence-corrected chi connectivity index (χ1v) is 8.65. The smallest absolute Gasteiger partial charge is 1.00 e. The molecule has 152 valence electrons. The minimum Gasteiger partial charge on any atom is -1.00 e. The van der Waals surface area contributed by atoms with Crippen molar-refractivity contribution in [3.63, 3.8) is 0 Å². The van der Waals surface area contributed by atoms with Gasteiger partial charge in [-0.05, 0) is 51.0 Å². The molecular formula is C21H31N6NaO. The molecule has 3 heterocycles. The van der Waals surface area contributed by atoms with Gasteiger partial charge in [0.15, 0.2) is 0 Å². The zero-order valence-electron chi connectivity index (χ0n) is 18.4. The van der Waals surface area contributed by atoms with E-state index in [2.05, 4.69) is 16.0 Å². The molecule has 2 aromatic heterocycles. The summed E-state index contributed by atoms with van der Waals surface area (Å²) in [6.45, 7) is 5.60. The minimum atomic E-state index is 0. The van der Waals surface area contributed by atoms with Crippen molar-refractivity contribution in [2.75, 3.05) is 37.9 Å². The van der Waals surface area contributed by atoms with Gasteiger partial charge in [-0.2, -0.15) is 10.5 Å². The van der Waals surface area contributed by atoms with Gasteiger partial charge < -0.3 is 16.8 Å². The summed E-state index contributed by atoms with van der Waals surface area (Å²) >= 11 is 0. The number of aromatic nitrogens is 2. The van der Waals surface area contributed by atoms with E-state index in [9.17, 15) is 0 Å². The number of aryl methyl sites for hydroxylation is 2. The summed E-state index contributed by atoms with van der Waals surface area (Å²) in [6, 6.07) is 11.0. The summed E-state index contributed by atoms with van der Waals surface area (Å²) in [5.41, 5.74) is 8.04. The van der Waals surface area contributed by atoms with Crippen molar-refractivity contribution < 1.29 is 35.7 Å². The third kappa shape index (κ3) is 10.8. The molecule has 0 radical (unpaired) electrons. The van der Waals surface area contributed by atoms with Crippen LogP contribution in [0.25, 0.3) is 0 Å². The third-order valence-corrected chi connectivity index (χ3v) is 3.70. The largest absolute Gasteiger partial charge is 1.00 e. The Bertz CT molecular complexity index is 822. The van der Waals surface area contributed by atoms with Crippen LogP contribution in [0.1, 0.15) is 44.2 Å². The van der Waals surface area contributed by atoms with E-state index in [0.717, 1.165) is 24.7 Å². The molecule has 0 spiro atoms. The van der Waals surface area contributed by atoms with Crippen molar-refractivity contribution in [3.05, 3.63) is 46.8 Å². The Balaban J connectivity index is -0.000000369. The molecule has 1 saturated heterocycles. The number of nitrogens with two attached hydrogens (primary N) is 1. The van der Waals surface area contributed by atoms with Crippen molar-refractivity contribution in [2.24, 2.45) is 0 Å². The molecule has 0 aliphatic carbocycles. The topological polar surface area (TPSA) is 112 Å². The second kappa shape index (κ2) is 15.7. The number of ether oxygens (including phenoxy) is 1. The van der Waals surface area contributed by atoms with E-state index in [1.807, 2.05) is 38.1 Å². The summed E-state index contributed by atoms with van der Waals surface area (Å²) in [7, 11) is 3.85. The summed E-state index contributed by atoms with van der Waals surface area (Å²) in [5, 5.41) is 17.1. The van der Waals surface area contributed by atoms with E-state index >= 15 is 0 Å². The van der Waals surface area contributed by atoms with Crippen LogP contribution in [-0.2, 0) is 4.74 Å². The van der Waals surface area contributed by atoms with Gasteiger partial charge in [-0.25, -0.2) is 9.97 Å². The fraction of sp³-hybridized carbons (Fsp3) is 0.429. The van der Waals surface area contributed by atoms with Crippen LogP contribution in [0.3, 0.4) is 0 Å². The quantitative estimate of drug-likeness (QED) is 0.695. The number of nitrogen functional groups attached to an aromatic ring is 1. The molecule has 1 fully saturated rings. The SMILES string of the molecule is C.C1CCOC1.Cc1nc(N(C)C)ccc1C#N.Cc1nc(N)ccc1C#N.[H-].[Na+]. The third-order valence-electron chi connectivity index (χ3n) is 3.70. The molecule has 1 aliphatic rings. The number of pyridine rings is 2. The fourth-order valence-electron chi connectivity index (χ4n) is 2.12. The molecule has 0 bridgehead atoms. The standard InChI is InChI=1S/C9H11N3.C7H7N3.C4H8O.CH4.Na.H/c1-7-8(6-10)4-5-9(11-7)12(2)3;1-5-6(4-8)2-3-7(9)10-5;1-2-4-5-3-1;;;/h4-5H,1-3H3;2-3H,1H3,(H2,9,10);1-4H2;1H4;;/q;;;;+1;-1. The molecule has 7 nitrogen and oxygen atoms in total. The van der Waals surface area contributed by atoms with Gasteiger partial charge in [-0.3, -0.25) is 0 Å². The number of hydrogen-bond donors (Lipinski definition) is 1. The Hall–Kier alpha value is -2.16. The maximum absolute atomic E-state index is 8.64. The van der Waals surface area contributed by atoms with Gasteiger partial charge in [0, 0.05) is 27.3 Å². The molecule has 0 amide bonds. The van der Waals surface area contributed by atoms with E-state index in [-0.39, 0.29) is 38.4 Å². The van der Waals surface area contributed by atoms with Crippen molar-refractivity contribution in [1.82, 2.24) is 9.97 Å². The Morgan fingerprint density at radius 2 is 1.45 bits per heavy atom. The molecule has 3 rings (SSSR count). The minimum absolute atomic E-state index is 0. The normalized spacial score (nSPS) is 11.0. The second-order valence-corrected chi connectivity index (χ2v) is 6.11. The van der Waals surface area contributed by atoms with Crippen LogP contribution in [0.4, 0.5) is 11.6 Å². The summed E-state index contributed by atoms with van der Waals surface area (Å²) in [4.78, 5) is 10.1. The van der Waals surface area contributed by atoms with Crippen LogP contribution in [0.2, 0.25) is 0 Å². The summed E-state index contributed by atoms with van der Waals surface area (Å²) in [6.07, 6.45) is 2.56. The molecule has 0 saturated carbocycles. The van der Waals surface area contributed by atoms with Gasteiger partial charge in [0.05, 0.1) is 22.5 Å². The van der Waals surface area contributed by atoms with Crippen LogP contribution in [0, 0.1) is 36.5 Å². The van der Waals surface area contributed by atoms with Gasteiger partial charge in [0.1, 0.15) is 23.8 Å². The van der Waals surface area contributed by atoms with Crippen LogP contribution >= 0.6 is 0 Å². The fourth-order valence-corrected chi connectivity index (χ4v) is 2.12. The van der Waals surface area contributed by atoms with Gasteiger partial charge in [-0.1, -0.05) is 7.43 Å². The monoisotopic (exact) mass is 406 g/mol. The van der Waals surface area contributed by atoms with Gasteiger partial charge in [-0.15, -0.1) is 0 Å². The summed E-state index contributed by atoms with van der Waals surface area (Å²) < 4.78 is 4.94. The van der Waals surface area contributed by atoms with E-state index < -0.39 is 0 Å². The maximum Gasteiger partial charge on any atom is 1.00 e. The second-order valence-electron chi connectivity index (χ2n) is 6.11. The number of nitriles is 2. The average molecular weight is 407 g/mol. The number of hydrogen-bond acceptors (Lipinski definition) is 7. The van der Waals surface area contributed by atoms with Gasteiger partial charge in [0.25, 0.3) is 0 Å². The van der Waals surface area contributed by atoms with Crippen molar-refractivity contribution in [2.45, 2.75) is 34.1 Å². The summed E-state index contributed by atoms with van der Waals surface area (Å²) in [5.74, 6) is 1.34. The molecule has 2 N–H and O–H groups in total. The van der Waals surface area contributed by atoms with Crippen LogP contribution < -0.4 is 40.2 Å².